The molecule has 18 heavy (non-hydrogen) atoms. The normalized spacial score (nSPS) is 47.4. The van der Waals surface area contributed by atoms with Crippen LogP contribution in [0.1, 0.15) is 52.9 Å². The van der Waals surface area contributed by atoms with Crippen LogP contribution in [0.3, 0.4) is 0 Å². The lowest BCUT2D eigenvalue weighted by molar-refractivity contribution is -0.217. The van der Waals surface area contributed by atoms with Crippen molar-refractivity contribution in [3.63, 3.8) is 0 Å². The Balaban J connectivity index is 2.31. The van der Waals surface area contributed by atoms with Crippen molar-refractivity contribution >= 4 is 5.97 Å². The molecule has 0 aromatic rings. The van der Waals surface area contributed by atoms with Gasteiger partial charge in [-0.1, -0.05) is 26.8 Å². The summed E-state index contributed by atoms with van der Waals surface area (Å²) in [4.78, 5) is 11.5. The lowest BCUT2D eigenvalue weighted by atomic mass is 9.52. The Morgan fingerprint density at radius 3 is 2.67 bits per heavy atom. The Kier molecular flexibility index (Phi) is 3.09. The van der Waals surface area contributed by atoms with E-state index in [9.17, 15) is 9.90 Å². The summed E-state index contributed by atoms with van der Waals surface area (Å²) in [5.74, 6) is -0.432. The second-order valence-corrected chi connectivity index (χ2v) is 6.78. The first kappa shape index (κ1) is 13.6. The van der Waals surface area contributed by atoms with Crippen LogP contribution in [-0.4, -0.2) is 22.3 Å². The second kappa shape index (κ2) is 4.09. The van der Waals surface area contributed by atoms with E-state index in [1.54, 1.807) is 0 Å². The van der Waals surface area contributed by atoms with Crippen LogP contribution < -0.4 is 0 Å². The standard InChI is InChI=1S/C15H24O3/c1-5-12(16)18-14(4)9-13(3)7-6-8-15(17,10-13)11(14)2/h5,11,17H,1,6-10H2,2-4H3. The van der Waals surface area contributed by atoms with E-state index in [0.717, 1.165) is 32.1 Å². The molecule has 0 aromatic heterocycles. The molecule has 4 atom stereocenters. The summed E-state index contributed by atoms with van der Waals surface area (Å²) in [7, 11) is 0. The van der Waals surface area contributed by atoms with Gasteiger partial charge < -0.3 is 9.84 Å². The molecule has 2 aliphatic rings. The van der Waals surface area contributed by atoms with Crippen LogP contribution in [-0.2, 0) is 9.53 Å². The van der Waals surface area contributed by atoms with E-state index in [1.165, 1.54) is 6.08 Å². The van der Waals surface area contributed by atoms with Crippen molar-refractivity contribution in [2.75, 3.05) is 0 Å². The van der Waals surface area contributed by atoms with Crippen molar-refractivity contribution < 1.29 is 14.6 Å². The third-order valence-corrected chi connectivity index (χ3v) is 5.12. The van der Waals surface area contributed by atoms with Gasteiger partial charge in [-0.3, -0.25) is 0 Å². The lowest BCUT2D eigenvalue weighted by Gasteiger charge is -2.58. The van der Waals surface area contributed by atoms with Gasteiger partial charge in [0.2, 0.25) is 0 Å². The Bertz CT molecular complexity index is 378. The summed E-state index contributed by atoms with van der Waals surface area (Å²) in [5.41, 5.74) is -1.20. The monoisotopic (exact) mass is 252 g/mol. The molecule has 2 saturated carbocycles. The highest BCUT2D eigenvalue weighted by Gasteiger charge is 2.58. The maximum atomic E-state index is 11.5. The van der Waals surface area contributed by atoms with Crippen molar-refractivity contribution in [2.45, 2.75) is 64.1 Å². The molecule has 3 heteroatoms. The highest BCUT2D eigenvalue weighted by Crippen LogP contribution is 2.57. The number of rotatable bonds is 2. The van der Waals surface area contributed by atoms with Crippen molar-refractivity contribution in [2.24, 2.45) is 11.3 Å². The molecular formula is C15H24O3. The lowest BCUT2D eigenvalue weighted by Crippen LogP contribution is -2.61. The molecule has 0 saturated heterocycles. The largest absolute Gasteiger partial charge is 0.456 e. The molecule has 2 rings (SSSR count). The summed E-state index contributed by atoms with van der Waals surface area (Å²) in [6, 6.07) is 0. The molecule has 2 aliphatic carbocycles. The van der Waals surface area contributed by atoms with E-state index >= 15 is 0 Å². The van der Waals surface area contributed by atoms with E-state index in [4.69, 9.17) is 4.74 Å². The van der Waals surface area contributed by atoms with Crippen LogP contribution >= 0.6 is 0 Å². The molecule has 0 spiro atoms. The van der Waals surface area contributed by atoms with E-state index in [0.29, 0.717) is 0 Å². The highest BCUT2D eigenvalue weighted by molar-refractivity contribution is 5.81. The first-order chi connectivity index (χ1) is 8.23. The van der Waals surface area contributed by atoms with Crippen LogP contribution in [0.25, 0.3) is 0 Å². The molecule has 1 N–H and O–H groups in total. The van der Waals surface area contributed by atoms with Crippen LogP contribution in [0.5, 0.6) is 0 Å². The Morgan fingerprint density at radius 2 is 2.06 bits per heavy atom. The molecule has 3 nitrogen and oxygen atoms in total. The number of ether oxygens (including phenoxy) is 1. The topological polar surface area (TPSA) is 46.5 Å². The summed E-state index contributed by atoms with van der Waals surface area (Å²) in [5, 5.41) is 10.8. The fourth-order valence-electron chi connectivity index (χ4n) is 4.22. The Morgan fingerprint density at radius 1 is 1.39 bits per heavy atom. The SMILES string of the molecule is C=CC(=O)OC1(C)CC2(C)CCCC(O)(C2)C1C. The van der Waals surface area contributed by atoms with Crippen LogP contribution in [0, 0.1) is 11.3 Å². The van der Waals surface area contributed by atoms with E-state index in [-0.39, 0.29) is 11.3 Å². The van der Waals surface area contributed by atoms with Crippen molar-refractivity contribution in [3.05, 3.63) is 12.7 Å². The minimum atomic E-state index is -0.693. The Labute approximate surface area is 109 Å². The maximum Gasteiger partial charge on any atom is 0.330 e. The number of carbonyl (C=O) groups excluding carboxylic acids is 1. The number of hydrogen-bond acceptors (Lipinski definition) is 3. The molecule has 0 radical (unpaired) electrons. The van der Waals surface area contributed by atoms with Gasteiger partial charge in [0.25, 0.3) is 0 Å². The maximum absolute atomic E-state index is 11.5. The first-order valence-corrected chi connectivity index (χ1v) is 6.81. The fraction of sp³-hybridized carbons (Fsp3) is 0.800. The van der Waals surface area contributed by atoms with Gasteiger partial charge in [-0.2, -0.15) is 0 Å². The third kappa shape index (κ3) is 2.09. The summed E-state index contributed by atoms with van der Waals surface area (Å²) in [6.45, 7) is 9.60. The van der Waals surface area contributed by atoms with Gasteiger partial charge in [0.15, 0.2) is 0 Å². The van der Waals surface area contributed by atoms with Crippen LogP contribution in [0.4, 0.5) is 0 Å². The van der Waals surface area contributed by atoms with Gasteiger partial charge in [0.05, 0.1) is 5.60 Å². The van der Waals surface area contributed by atoms with E-state index < -0.39 is 17.2 Å². The highest BCUT2D eigenvalue weighted by atomic mass is 16.6. The molecule has 2 bridgehead atoms. The zero-order valence-corrected chi connectivity index (χ0v) is 11.7. The minimum absolute atomic E-state index is 0.0396. The minimum Gasteiger partial charge on any atom is -0.456 e. The molecule has 0 amide bonds. The zero-order valence-electron chi connectivity index (χ0n) is 11.7. The predicted molar refractivity (Wildman–Crippen MR) is 70.0 cm³/mol. The number of fused-ring (bicyclic) bond motifs is 2. The fourth-order valence-corrected chi connectivity index (χ4v) is 4.22. The molecule has 2 fully saturated rings. The smallest absolute Gasteiger partial charge is 0.330 e. The molecule has 102 valence electrons. The average Bonchev–Trinajstić information content (AvgIpc) is 2.25. The quantitative estimate of drug-likeness (QED) is 0.607. The predicted octanol–water partition coefficient (Wildman–Crippen LogP) is 2.83. The van der Waals surface area contributed by atoms with Crippen molar-refractivity contribution in [3.8, 4) is 0 Å². The van der Waals surface area contributed by atoms with Gasteiger partial charge in [0, 0.05) is 12.0 Å². The van der Waals surface area contributed by atoms with Crippen molar-refractivity contribution in [1.29, 1.82) is 0 Å². The van der Waals surface area contributed by atoms with Gasteiger partial charge in [0.1, 0.15) is 5.60 Å². The second-order valence-electron chi connectivity index (χ2n) is 6.78. The van der Waals surface area contributed by atoms with Gasteiger partial charge >= 0.3 is 5.97 Å². The molecular weight excluding hydrogens is 228 g/mol. The summed E-state index contributed by atoms with van der Waals surface area (Å²) in [6.07, 6.45) is 5.82. The molecule has 0 aliphatic heterocycles. The first-order valence-electron chi connectivity index (χ1n) is 6.81. The zero-order chi connectivity index (χ0) is 13.6. The van der Waals surface area contributed by atoms with Gasteiger partial charge in [-0.15, -0.1) is 0 Å². The molecule has 4 unspecified atom stereocenters. The summed E-state index contributed by atoms with van der Waals surface area (Å²) >= 11 is 0. The number of aliphatic hydroxyl groups is 1. The molecule has 0 aromatic carbocycles. The van der Waals surface area contributed by atoms with Gasteiger partial charge in [-0.05, 0) is 38.0 Å². The average molecular weight is 252 g/mol. The Hall–Kier alpha value is -0.830. The number of esters is 1. The van der Waals surface area contributed by atoms with E-state index in [1.807, 2.05) is 13.8 Å². The summed E-state index contributed by atoms with van der Waals surface area (Å²) < 4.78 is 5.59. The van der Waals surface area contributed by atoms with Gasteiger partial charge in [-0.25, -0.2) is 4.79 Å². The van der Waals surface area contributed by atoms with Crippen LogP contribution in [0.2, 0.25) is 0 Å². The number of hydrogen-bond donors (Lipinski definition) is 1. The van der Waals surface area contributed by atoms with Crippen LogP contribution in [0.15, 0.2) is 12.7 Å². The molecule has 0 heterocycles. The number of carbonyl (C=O) groups is 1. The van der Waals surface area contributed by atoms with Crippen molar-refractivity contribution in [1.82, 2.24) is 0 Å². The third-order valence-electron chi connectivity index (χ3n) is 5.12. The van der Waals surface area contributed by atoms with E-state index in [2.05, 4.69) is 13.5 Å².